The lowest BCUT2D eigenvalue weighted by Gasteiger charge is -2.40. The van der Waals surface area contributed by atoms with Crippen molar-refractivity contribution in [2.45, 2.75) is 107 Å². The van der Waals surface area contributed by atoms with Crippen molar-refractivity contribution in [2.24, 2.45) is 10.8 Å². The molecule has 14 nitrogen and oxygen atoms in total. The van der Waals surface area contributed by atoms with E-state index in [1.807, 2.05) is 20.8 Å². The van der Waals surface area contributed by atoms with Crippen LogP contribution >= 0.6 is 11.8 Å². The molecule has 2 saturated heterocycles. The Labute approximate surface area is 298 Å². The monoisotopic (exact) mass is 739 g/mol. The lowest BCUT2D eigenvalue weighted by Crippen LogP contribution is -2.52. The SMILES string of the molecule is C.CCOC(=O)C1(CS(=O)(=O)N(C)C)CCN(C(=O)OC(C)(C)C)CC1.CCOC(=O)C1(CSC(C)=O)CCN(C(=O)OC(C)(C)C)CC1. The van der Waals surface area contributed by atoms with Crippen LogP contribution < -0.4 is 0 Å². The van der Waals surface area contributed by atoms with Crippen molar-refractivity contribution in [1.29, 1.82) is 0 Å². The summed E-state index contributed by atoms with van der Waals surface area (Å²) in [6.45, 7) is 17.6. The van der Waals surface area contributed by atoms with Gasteiger partial charge in [0.25, 0.3) is 0 Å². The van der Waals surface area contributed by atoms with Crippen LogP contribution in [-0.4, -0.2) is 128 Å². The average Bonchev–Trinajstić information content (AvgIpc) is 2.95. The zero-order valence-electron chi connectivity index (χ0n) is 30.6. The summed E-state index contributed by atoms with van der Waals surface area (Å²) in [7, 11) is -0.719. The van der Waals surface area contributed by atoms with Crippen LogP contribution in [0.15, 0.2) is 0 Å². The van der Waals surface area contributed by atoms with Crippen LogP contribution in [0.1, 0.15) is 95.4 Å². The third kappa shape index (κ3) is 15.0. The lowest BCUT2D eigenvalue weighted by atomic mass is 9.80. The van der Waals surface area contributed by atoms with Crippen molar-refractivity contribution >= 4 is 51.0 Å². The van der Waals surface area contributed by atoms with E-state index in [-0.39, 0.29) is 62.9 Å². The smallest absolute Gasteiger partial charge is 0.410 e. The van der Waals surface area contributed by atoms with Crippen LogP contribution in [0.4, 0.5) is 9.59 Å². The summed E-state index contributed by atoms with van der Waals surface area (Å²) >= 11 is 1.14. The molecule has 0 spiro atoms. The van der Waals surface area contributed by atoms with E-state index >= 15 is 0 Å². The van der Waals surface area contributed by atoms with Gasteiger partial charge in [0, 0.05) is 53.0 Å². The Morgan fingerprint density at radius 3 is 1.37 bits per heavy atom. The van der Waals surface area contributed by atoms with E-state index in [2.05, 4.69) is 0 Å². The highest BCUT2D eigenvalue weighted by molar-refractivity contribution is 8.13. The Morgan fingerprint density at radius 1 is 0.714 bits per heavy atom. The highest BCUT2D eigenvalue weighted by atomic mass is 32.2. The van der Waals surface area contributed by atoms with Gasteiger partial charge < -0.3 is 28.7 Å². The average molecular weight is 740 g/mol. The first-order chi connectivity index (χ1) is 21.9. The third-order valence-electron chi connectivity index (χ3n) is 7.73. The van der Waals surface area contributed by atoms with Gasteiger partial charge in [-0.3, -0.25) is 14.4 Å². The van der Waals surface area contributed by atoms with E-state index in [4.69, 9.17) is 18.9 Å². The molecule has 286 valence electrons. The van der Waals surface area contributed by atoms with Gasteiger partial charge in [-0.15, -0.1) is 0 Å². The molecule has 2 fully saturated rings. The molecule has 16 heteroatoms. The number of ether oxygens (including phenoxy) is 4. The van der Waals surface area contributed by atoms with Crippen LogP contribution in [0, 0.1) is 10.8 Å². The first-order valence-corrected chi connectivity index (χ1v) is 18.9. The summed E-state index contributed by atoms with van der Waals surface area (Å²) in [5, 5.41) is -0.0248. The van der Waals surface area contributed by atoms with E-state index in [1.54, 1.807) is 39.5 Å². The molecule has 2 heterocycles. The number of sulfonamides is 1. The van der Waals surface area contributed by atoms with E-state index in [0.29, 0.717) is 38.3 Å². The van der Waals surface area contributed by atoms with Crippen molar-refractivity contribution in [1.82, 2.24) is 14.1 Å². The maximum absolute atomic E-state index is 12.5. The lowest BCUT2D eigenvalue weighted by molar-refractivity contribution is -0.157. The van der Waals surface area contributed by atoms with E-state index in [9.17, 15) is 32.4 Å². The standard InChI is InChI=1S/C16H30N2O6S.C16H27NO5S.CH4/c1-7-23-13(19)16(12-25(21,22)17(5)6)8-10-18(11-9-16)14(20)24-15(2,3)4;1-6-21-13(19)16(11-23-12(2)18)7-9-17(10-8-16)14(20)22-15(3,4)5;/h7-12H2,1-6H3;6-11H2,1-5H3;1H4. The van der Waals surface area contributed by atoms with Gasteiger partial charge in [0.15, 0.2) is 5.12 Å². The van der Waals surface area contributed by atoms with Crippen LogP contribution in [0.2, 0.25) is 0 Å². The number of likely N-dealkylation sites (tertiary alicyclic amines) is 2. The highest BCUT2D eigenvalue weighted by Crippen LogP contribution is 2.38. The van der Waals surface area contributed by atoms with Gasteiger partial charge in [-0.2, -0.15) is 0 Å². The Balaban J connectivity index is 0.000000925. The van der Waals surface area contributed by atoms with Crippen molar-refractivity contribution in [2.75, 3.05) is 65.0 Å². The van der Waals surface area contributed by atoms with Gasteiger partial charge in [0.2, 0.25) is 10.0 Å². The number of nitrogens with zero attached hydrogens (tertiary/aromatic N) is 3. The minimum atomic E-state index is -3.59. The number of hydrogen-bond donors (Lipinski definition) is 0. The normalized spacial score (nSPS) is 17.5. The maximum Gasteiger partial charge on any atom is 0.410 e. The van der Waals surface area contributed by atoms with Crippen molar-refractivity contribution in [3.05, 3.63) is 0 Å². The molecule has 2 amide bonds. The van der Waals surface area contributed by atoms with E-state index < -0.39 is 44.1 Å². The van der Waals surface area contributed by atoms with Crippen molar-refractivity contribution in [3.63, 3.8) is 0 Å². The predicted molar refractivity (Wildman–Crippen MR) is 190 cm³/mol. The summed E-state index contributed by atoms with van der Waals surface area (Å²) in [6.07, 6.45) is 0.571. The molecule has 0 aliphatic carbocycles. The molecule has 2 rings (SSSR count). The Hall–Kier alpha value is -2.59. The number of piperidine rings is 2. The van der Waals surface area contributed by atoms with E-state index in [1.165, 1.54) is 25.9 Å². The zero-order chi connectivity index (χ0) is 37.1. The fourth-order valence-corrected chi connectivity index (χ4v) is 7.24. The number of carbonyl (C=O) groups is 5. The molecule has 0 aromatic carbocycles. The second kappa shape index (κ2) is 19.1. The third-order valence-corrected chi connectivity index (χ3v) is 10.9. The van der Waals surface area contributed by atoms with Gasteiger partial charge in [0.05, 0.1) is 29.8 Å². The highest BCUT2D eigenvalue weighted by Gasteiger charge is 2.48. The van der Waals surface area contributed by atoms with Gasteiger partial charge >= 0.3 is 24.1 Å². The number of esters is 2. The summed E-state index contributed by atoms with van der Waals surface area (Å²) in [5.74, 6) is -0.737. The van der Waals surface area contributed by atoms with Crippen molar-refractivity contribution in [3.8, 4) is 0 Å². The number of hydrogen-bond acceptors (Lipinski definition) is 12. The van der Waals surface area contributed by atoms with Gasteiger partial charge in [0.1, 0.15) is 11.2 Å². The summed E-state index contributed by atoms with van der Waals surface area (Å²) in [5.41, 5.74) is -3.00. The van der Waals surface area contributed by atoms with Crippen LogP contribution in [0.25, 0.3) is 0 Å². The number of thioether (sulfide) groups is 1. The number of rotatable bonds is 9. The van der Waals surface area contributed by atoms with Gasteiger partial charge in [-0.1, -0.05) is 19.2 Å². The molecule has 49 heavy (non-hydrogen) atoms. The largest absolute Gasteiger partial charge is 0.466 e. The van der Waals surface area contributed by atoms with Crippen LogP contribution in [0.5, 0.6) is 0 Å². The molecule has 0 aromatic heterocycles. The molecule has 0 unspecified atom stereocenters. The van der Waals surface area contributed by atoms with Crippen molar-refractivity contribution < 1.29 is 51.3 Å². The molecule has 2 aliphatic heterocycles. The Kier molecular flexibility index (Phi) is 18.1. The molecule has 0 atom stereocenters. The second-order valence-electron chi connectivity index (χ2n) is 14.3. The fraction of sp³-hybridized carbons (Fsp3) is 0.848. The number of carbonyl (C=O) groups excluding carboxylic acids is 5. The minimum absolute atomic E-state index is 0. The first kappa shape index (κ1) is 46.4. The first-order valence-electron chi connectivity index (χ1n) is 16.3. The van der Waals surface area contributed by atoms with E-state index in [0.717, 1.165) is 16.1 Å². The maximum atomic E-state index is 12.5. The molecule has 0 bridgehead atoms. The second-order valence-corrected chi connectivity index (χ2v) is 17.6. The van der Waals surface area contributed by atoms with Crippen LogP contribution in [0.3, 0.4) is 0 Å². The molecule has 0 radical (unpaired) electrons. The molecular formula is C33H61N3O11S2. The molecule has 0 aromatic rings. The molecule has 0 N–H and O–H groups in total. The molecule has 2 aliphatic rings. The van der Waals surface area contributed by atoms with Gasteiger partial charge in [-0.05, 0) is 81.1 Å². The predicted octanol–water partition coefficient (Wildman–Crippen LogP) is 4.94. The molecular weight excluding hydrogens is 679 g/mol. The summed E-state index contributed by atoms with van der Waals surface area (Å²) in [6, 6.07) is 0. The quantitative estimate of drug-likeness (QED) is 0.231. The number of amides is 2. The minimum Gasteiger partial charge on any atom is -0.466 e. The fourth-order valence-electron chi connectivity index (χ4n) is 4.99. The van der Waals surface area contributed by atoms with Crippen LogP contribution in [-0.2, 0) is 43.4 Å². The zero-order valence-corrected chi connectivity index (χ0v) is 32.3. The Morgan fingerprint density at radius 2 is 1.06 bits per heavy atom. The molecule has 0 saturated carbocycles. The van der Waals surface area contributed by atoms with Gasteiger partial charge in [-0.25, -0.2) is 22.3 Å². The summed E-state index contributed by atoms with van der Waals surface area (Å²) in [4.78, 5) is 63.5. The Bertz CT molecular complexity index is 1230. The topological polar surface area (TPSA) is 166 Å². The summed E-state index contributed by atoms with van der Waals surface area (Å²) < 4.78 is 46.8.